The maximum absolute atomic E-state index is 13.9. The van der Waals surface area contributed by atoms with Gasteiger partial charge in [-0.05, 0) is 61.9 Å². The third-order valence-corrected chi connectivity index (χ3v) is 6.31. The molecule has 3 aromatic rings. The summed E-state index contributed by atoms with van der Waals surface area (Å²) in [5, 5.41) is 2.95. The SMILES string of the molecule is CN(CCOc1cccc(CNC(=O)CCc2ccc(-c3ccccc3F)o2)c1)C1CCOCC1. The number of carbonyl (C=O) groups is 1. The summed E-state index contributed by atoms with van der Waals surface area (Å²) in [6.07, 6.45) is 2.87. The number of nitrogens with zero attached hydrogens (tertiary/aromatic N) is 1. The van der Waals surface area contributed by atoms with Gasteiger partial charge in [0.15, 0.2) is 0 Å². The highest BCUT2D eigenvalue weighted by Crippen LogP contribution is 2.25. The fourth-order valence-electron chi connectivity index (χ4n) is 4.21. The van der Waals surface area contributed by atoms with E-state index in [4.69, 9.17) is 13.9 Å². The standard InChI is InChI=1S/C28H33FN2O4/c1-31(22-13-16-33-17-14-22)15-18-34-24-6-4-5-21(19-24)20-30-28(32)12-10-23-9-11-27(35-23)25-7-2-3-8-26(25)29/h2-9,11,19,22H,10,12-18,20H2,1H3,(H,30,32). The number of furan rings is 1. The number of rotatable bonds is 11. The molecule has 0 bridgehead atoms. The van der Waals surface area contributed by atoms with Crippen molar-refractivity contribution in [1.82, 2.24) is 10.2 Å². The molecular formula is C28H33FN2O4. The molecular weight excluding hydrogens is 447 g/mol. The van der Waals surface area contributed by atoms with Crippen molar-refractivity contribution in [1.29, 1.82) is 0 Å². The lowest BCUT2D eigenvalue weighted by atomic mass is 10.1. The number of benzene rings is 2. The van der Waals surface area contributed by atoms with E-state index in [0.29, 0.717) is 49.1 Å². The molecule has 0 radical (unpaired) electrons. The first-order chi connectivity index (χ1) is 17.1. The third kappa shape index (κ3) is 7.41. The largest absolute Gasteiger partial charge is 0.492 e. The van der Waals surface area contributed by atoms with Crippen molar-refractivity contribution in [2.75, 3.05) is 33.4 Å². The van der Waals surface area contributed by atoms with Gasteiger partial charge in [0.25, 0.3) is 0 Å². The van der Waals surface area contributed by atoms with Crippen molar-refractivity contribution in [3.05, 3.63) is 77.8 Å². The molecule has 0 aliphatic carbocycles. The van der Waals surface area contributed by atoms with Gasteiger partial charge in [0.05, 0.1) is 5.56 Å². The second-order valence-electron chi connectivity index (χ2n) is 8.84. The molecule has 0 unspecified atom stereocenters. The first kappa shape index (κ1) is 24.9. The number of nitrogens with one attached hydrogen (secondary N) is 1. The van der Waals surface area contributed by atoms with Crippen LogP contribution in [0.15, 0.2) is 65.1 Å². The van der Waals surface area contributed by atoms with Crippen LogP contribution in [0.5, 0.6) is 5.75 Å². The van der Waals surface area contributed by atoms with Crippen molar-refractivity contribution in [3.8, 4) is 17.1 Å². The highest BCUT2D eigenvalue weighted by Gasteiger charge is 2.18. The molecule has 2 heterocycles. The number of halogens is 1. The fourth-order valence-corrected chi connectivity index (χ4v) is 4.21. The van der Waals surface area contributed by atoms with Crippen molar-refractivity contribution < 1.29 is 23.1 Å². The number of amides is 1. The van der Waals surface area contributed by atoms with E-state index in [0.717, 1.165) is 43.9 Å². The molecule has 0 atom stereocenters. The van der Waals surface area contributed by atoms with E-state index in [1.54, 1.807) is 30.3 Å². The molecule has 186 valence electrons. The second kappa shape index (κ2) is 12.5. The predicted molar refractivity (Wildman–Crippen MR) is 133 cm³/mol. The Morgan fingerprint density at radius 3 is 2.77 bits per heavy atom. The maximum atomic E-state index is 13.9. The summed E-state index contributed by atoms with van der Waals surface area (Å²) in [6, 6.07) is 18.4. The zero-order valence-electron chi connectivity index (χ0n) is 20.2. The Morgan fingerprint density at radius 2 is 1.94 bits per heavy atom. The molecule has 1 amide bonds. The van der Waals surface area contributed by atoms with Crippen LogP contribution in [-0.2, 0) is 22.5 Å². The summed E-state index contributed by atoms with van der Waals surface area (Å²) in [6.45, 7) is 3.56. The lowest BCUT2D eigenvalue weighted by Crippen LogP contribution is -2.38. The van der Waals surface area contributed by atoms with Crippen LogP contribution in [0, 0.1) is 5.82 Å². The van der Waals surface area contributed by atoms with E-state index in [2.05, 4.69) is 17.3 Å². The Kier molecular flexibility index (Phi) is 8.92. The van der Waals surface area contributed by atoms with Gasteiger partial charge in [0.1, 0.15) is 29.7 Å². The van der Waals surface area contributed by atoms with Gasteiger partial charge < -0.3 is 19.2 Å². The van der Waals surface area contributed by atoms with Crippen molar-refractivity contribution >= 4 is 5.91 Å². The molecule has 1 aliphatic rings. The molecule has 1 aliphatic heterocycles. The lowest BCUT2D eigenvalue weighted by Gasteiger charge is -2.31. The quantitative estimate of drug-likeness (QED) is 0.426. The van der Waals surface area contributed by atoms with E-state index in [-0.39, 0.29) is 11.7 Å². The fraction of sp³-hybridized carbons (Fsp3) is 0.393. The average Bonchev–Trinajstić information content (AvgIpc) is 3.36. The molecule has 4 rings (SSSR count). The molecule has 2 aromatic carbocycles. The number of likely N-dealkylation sites (N-methyl/N-ethyl adjacent to an activating group) is 1. The molecule has 1 aromatic heterocycles. The van der Waals surface area contributed by atoms with Crippen LogP contribution in [0.2, 0.25) is 0 Å². The monoisotopic (exact) mass is 480 g/mol. The van der Waals surface area contributed by atoms with Gasteiger partial charge in [-0.2, -0.15) is 0 Å². The zero-order valence-corrected chi connectivity index (χ0v) is 20.2. The summed E-state index contributed by atoms with van der Waals surface area (Å²) in [5.74, 6) is 1.52. The summed E-state index contributed by atoms with van der Waals surface area (Å²) < 4.78 is 31.0. The van der Waals surface area contributed by atoms with Gasteiger partial charge >= 0.3 is 0 Å². The maximum Gasteiger partial charge on any atom is 0.220 e. The zero-order chi connectivity index (χ0) is 24.5. The van der Waals surface area contributed by atoms with Crippen LogP contribution < -0.4 is 10.1 Å². The van der Waals surface area contributed by atoms with Gasteiger partial charge in [-0.1, -0.05) is 24.3 Å². The predicted octanol–water partition coefficient (Wildman–Crippen LogP) is 4.82. The van der Waals surface area contributed by atoms with Crippen molar-refractivity contribution in [3.63, 3.8) is 0 Å². The van der Waals surface area contributed by atoms with Crippen molar-refractivity contribution in [2.45, 2.75) is 38.3 Å². The number of ether oxygens (including phenoxy) is 2. The average molecular weight is 481 g/mol. The number of hydrogen-bond acceptors (Lipinski definition) is 5. The molecule has 6 nitrogen and oxygen atoms in total. The summed E-state index contributed by atoms with van der Waals surface area (Å²) in [4.78, 5) is 14.7. The Morgan fingerprint density at radius 1 is 1.11 bits per heavy atom. The van der Waals surface area contributed by atoms with Crippen molar-refractivity contribution in [2.24, 2.45) is 0 Å². The minimum absolute atomic E-state index is 0.0711. The topological polar surface area (TPSA) is 63.9 Å². The van der Waals surface area contributed by atoms with Gasteiger partial charge in [-0.3, -0.25) is 9.69 Å². The number of hydrogen-bond donors (Lipinski definition) is 1. The first-order valence-electron chi connectivity index (χ1n) is 12.2. The Bertz CT molecular complexity index is 1090. The summed E-state index contributed by atoms with van der Waals surface area (Å²) >= 11 is 0. The van der Waals surface area contributed by atoms with E-state index in [9.17, 15) is 9.18 Å². The minimum Gasteiger partial charge on any atom is -0.492 e. The van der Waals surface area contributed by atoms with Crippen LogP contribution in [0.25, 0.3) is 11.3 Å². The normalized spacial score (nSPS) is 14.3. The van der Waals surface area contributed by atoms with Crippen LogP contribution in [-0.4, -0.2) is 50.3 Å². The first-order valence-corrected chi connectivity index (χ1v) is 12.2. The molecule has 35 heavy (non-hydrogen) atoms. The Balaban J connectivity index is 1.18. The van der Waals surface area contributed by atoms with Gasteiger partial charge in [-0.25, -0.2) is 4.39 Å². The van der Waals surface area contributed by atoms with Gasteiger partial charge in [0, 0.05) is 45.2 Å². The molecule has 1 fully saturated rings. The molecule has 0 saturated carbocycles. The summed E-state index contributed by atoms with van der Waals surface area (Å²) in [5.41, 5.74) is 1.40. The van der Waals surface area contributed by atoms with Crippen LogP contribution in [0.4, 0.5) is 4.39 Å². The smallest absolute Gasteiger partial charge is 0.220 e. The Hall–Kier alpha value is -3.16. The molecule has 7 heteroatoms. The molecule has 1 N–H and O–H groups in total. The van der Waals surface area contributed by atoms with E-state index in [1.165, 1.54) is 6.07 Å². The van der Waals surface area contributed by atoms with Crippen LogP contribution >= 0.6 is 0 Å². The van der Waals surface area contributed by atoms with Crippen LogP contribution in [0.3, 0.4) is 0 Å². The number of aryl methyl sites for hydroxylation is 1. The second-order valence-corrected chi connectivity index (χ2v) is 8.84. The molecule has 1 saturated heterocycles. The van der Waals surface area contributed by atoms with E-state index < -0.39 is 0 Å². The Labute approximate surface area is 206 Å². The third-order valence-electron chi connectivity index (χ3n) is 6.31. The molecule has 0 spiro atoms. The van der Waals surface area contributed by atoms with Gasteiger partial charge in [-0.15, -0.1) is 0 Å². The highest BCUT2D eigenvalue weighted by molar-refractivity contribution is 5.76. The van der Waals surface area contributed by atoms with E-state index >= 15 is 0 Å². The van der Waals surface area contributed by atoms with Gasteiger partial charge in [0.2, 0.25) is 5.91 Å². The lowest BCUT2D eigenvalue weighted by molar-refractivity contribution is -0.121. The van der Waals surface area contributed by atoms with E-state index in [1.807, 2.05) is 24.3 Å². The van der Waals surface area contributed by atoms with Crippen LogP contribution in [0.1, 0.15) is 30.6 Å². The summed E-state index contributed by atoms with van der Waals surface area (Å²) in [7, 11) is 2.13. The number of carbonyl (C=O) groups excluding carboxylic acids is 1. The highest BCUT2D eigenvalue weighted by atomic mass is 19.1. The minimum atomic E-state index is -0.330.